The third kappa shape index (κ3) is 4.39. The van der Waals surface area contributed by atoms with Gasteiger partial charge >= 0.3 is 5.56 Å². The van der Waals surface area contributed by atoms with Crippen molar-refractivity contribution in [3.05, 3.63) is 100 Å². The lowest BCUT2D eigenvalue weighted by molar-refractivity contribution is -0.749. The lowest BCUT2D eigenvalue weighted by Crippen LogP contribution is -2.46. The van der Waals surface area contributed by atoms with Crippen molar-refractivity contribution in [3.8, 4) is 17.2 Å². The predicted molar refractivity (Wildman–Crippen MR) is 118 cm³/mol. The first kappa shape index (κ1) is 20.9. The van der Waals surface area contributed by atoms with Gasteiger partial charge in [0.2, 0.25) is 5.69 Å². The SMILES string of the molecule is COc1cccc(N=C([O-])c2c(=O)n(-c3cccc(OC)c3)[nH][n+]2Cc2ccccc2)c1. The predicted octanol–water partition coefficient (Wildman–Crippen LogP) is 1.96. The molecule has 0 unspecified atom stereocenters. The molecule has 0 aliphatic heterocycles. The van der Waals surface area contributed by atoms with E-state index < -0.39 is 11.5 Å². The number of H-pyrrole nitrogens is 1. The van der Waals surface area contributed by atoms with Gasteiger partial charge in [0.25, 0.3) is 0 Å². The molecule has 3 aromatic carbocycles. The molecule has 0 amide bonds. The minimum atomic E-state index is -0.655. The summed E-state index contributed by atoms with van der Waals surface area (Å²) < 4.78 is 13.3. The number of hydrogen-bond acceptors (Lipinski definition) is 5. The van der Waals surface area contributed by atoms with Crippen LogP contribution in [0.4, 0.5) is 5.69 Å². The lowest BCUT2D eigenvalue weighted by atomic mass is 10.2. The average Bonchev–Trinajstić information content (AvgIpc) is 3.15. The summed E-state index contributed by atoms with van der Waals surface area (Å²) in [5.41, 5.74) is 1.27. The highest BCUT2D eigenvalue weighted by molar-refractivity contribution is 5.88. The molecule has 1 aromatic heterocycles. The van der Waals surface area contributed by atoms with Crippen LogP contribution in [0.15, 0.2) is 88.6 Å². The Morgan fingerprint density at radius 3 is 2.38 bits per heavy atom. The maximum atomic E-state index is 13.3. The number of nitrogens with one attached hydrogen (secondary N) is 1. The van der Waals surface area contributed by atoms with Gasteiger partial charge in [0.1, 0.15) is 18.0 Å². The number of methoxy groups -OCH3 is 2. The molecule has 32 heavy (non-hydrogen) atoms. The van der Waals surface area contributed by atoms with Crippen molar-refractivity contribution in [2.45, 2.75) is 6.54 Å². The molecule has 4 rings (SSSR count). The molecular weight excluding hydrogens is 408 g/mol. The smallest absolute Gasteiger partial charge is 0.406 e. The van der Waals surface area contributed by atoms with Gasteiger partial charge < -0.3 is 14.6 Å². The molecule has 8 nitrogen and oxygen atoms in total. The van der Waals surface area contributed by atoms with Crippen LogP contribution in [0, 0.1) is 0 Å². The number of aromatic amines is 1. The lowest BCUT2D eigenvalue weighted by Gasteiger charge is -2.08. The minimum absolute atomic E-state index is 0.0838. The number of hydrogen-bond donors (Lipinski definition) is 1. The zero-order valence-electron chi connectivity index (χ0n) is 17.7. The average molecular weight is 430 g/mol. The first-order valence-electron chi connectivity index (χ1n) is 9.92. The summed E-state index contributed by atoms with van der Waals surface area (Å²) in [5.74, 6) is 0.503. The topological polar surface area (TPSA) is 95.6 Å². The van der Waals surface area contributed by atoms with E-state index in [9.17, 15) is 9.90 Å². The molecule has 0 saturated heterocycles. The molecule has 0 atom stereocenters. The number of benzene rings is 3. The Morgan fingerprint density at radius 2 is 1.66 bits per heavy atom. The fraction of sp³-hybridized carbons (Fsp3) is 0.125. The number of ether oxygens (including phenoxy) is 2. The van der Waals surface area contributed by atoms with Crippen molar-refractivity contribution in [1.29, 1.82) is 0 Å². The molecule has 0 spiro atoms. The van der Waals surface area contributed by atoms with Crippen LogP contribution in [-0.2, 0) is 6.54 Å². The van der Waals surface area contributed by atoms with E-state index in [1.807, 2.05) is 30.3 Å². The summed E-state index contributed by atoms with van der Waals surface area (Å²) in [6.45, 7) is 0.293. The molecule has 1 heterocycles. The molecule has 0 aliphatic carbocycles. The zero-order chi connectivity index (χ0) is 22.5. The first-order chi connectivity index (χ1) is 15.6. The van der Waals surface area contributed by atoms with Gasteiger partial charge in [-0.1, -0.05) is 52.4 Å². The summed E-state index contributed by atoms with van der Waals surface area (Å²) >= 11 is 0. The first-order valence-corrected chi connectivity index (χ1v) is 9.92. The van der Waals surface area contributed by atoms with Gasteiger partial charge in [0, 0.05) is 18.0 Å². The Hall–Kier alpha value is -4.33. The number of aromatic nitrogens is 3. The molecule has 0 fully saturated rings. The van der Waals surface area contributed by atoms with Crippen molar-refractivity contribution in [3.63, 3.8) is 0 Å². The molecule has 8 heteroatoms. The highest BCUT2D eigenvalue weighted by Gasteiger charge is 2.24. The zero-order valence-corrected chi connectivity index (χ0v) is 17.7. The van der Waals surface area contributed by atoms with Crippen LogP contribution in [0.3, 0.4) is 0 Å². The number of aliphatic imine (C=N–C) groups is 1. The normalized spacial score (nSPS) is 11.4. The third-order valence-electron chi connectivity index (χ3n) is 4.88. The highest BCUT2D eigenvalue weighted by atomic mass is 16.5. The number of nitrogens with zero attached hydrogens (tertiary/aromatic N) is 3. The van der Waals surface area contributed by atoms with Gasteiger partial charge in [0.05, 0.1) is 19.9 Å². The van der Waals surface area contributed by atoms with Crippen LogP contribution in [-0.4, -0.2) is 30.0 Å². The van der Waals surface area contributed by atoms with Crippen LogP contribution >= 0.6 is 0 Å². The Bertz CT molecular complexity index is 1310. The monoisotopic (exact) mass is 430 g/mol. The summed E-state index contributed by atoms with van der Waals surface area (Å²) in [4.78, 5) is 17.4. The standard InChI is InChI=1S/C24H22N4O4/c1-31-20-12-6-10-18(14-20)25-23(29)22-24(30)28(19-11-7-13-21(15-19)32-2)26-27(22)16-17-8-4-3-5-9-17/h3-15H,16H2,1-2H3,(H-,25,26,29,30). The molecule has 0 aliphatic rings. The minimum Gasteiger partial charge on any atom is -0.855 e. The third-order valence-corrected chi connectivity index (χ3v) is 4.88. The van der Waals surface area contributed by atoms with Crippen LogP contribution in [0.2, 0.25) is 0 Å². The van der Waals surface area contributed by atoms with Crippen molar-refractivity contribution in [2.75, 3.05) is 14.2 Å². The van der Waals surface area contributed by atoms with Gasteiger partial charge in [-0.2, -0.15) is 0 Å². The Morgan fingerprint density at radius 1 is 0.969 bits per heavy atom. The van der Waals surface area contributed by atoms with Crippen molar-refractivity contribution >= 4 is 11.6 Å². The second kappa shape index (κ2) is 9.22. The van der Waals surface area contributed by atoms with Gasteiger partial charge in [-0.05, 0) is 29.8 Å². The van der Waals surface area contributed by atoms with Gasteiger partial charge in [-0.25, -0.2) is 4.79 Å². The van der Waals surface area contributed by atoms with Crippen LogP contribution in [0.5, 0.6) is 11.5 Å². The second-order valence-electron chi connectivity index (χ2n) is 6.98. The van der Waals surface area contributed by atoms with E-state index in [1.165, 1.54) is 16.5 Å². The summed E-state index contributed by atoms with van der Waals surface area (Å²) in [5, 5.41) is 16.1. The Balaban J connectivity index is 1.84. The van der Waals surface area contributed by atoms with Crippen LogP contribution in [0.1, 0.15) is 11.3 Å². The van der Waals surface area contributed by atoms with Gasteiger partial charge in [-0.3, -0.25) is 4.99 Å². The van der Waals surface area contributed by atoms with E-state index in [0.717, 1.165) is 5.56 Å². The van der Waals surface area contributed by atoms with E-state index in [0.29, 0.717) is 29.4 Å². The van der Waals surface area contributed by atoms with Crippen molar-refractivity contribution in [2.24, 2.45) is 4.99 Å². The van der Waals surface area contributed by atoms with Gasteiger partial charge in [0.15, 0.2) is 5.69 Å². The highest BCUT2D eigenvalue weighted by Crippen LogP contribution is 2.19. The quantitative estimate of drug-likeness (QED) is 0.275. The molecule has 1 N–H and O–H groups in total. The van der Waals surface area contributed by atoms with E-state index in [-0.39, 0.29) is 5.69 Å². The van der Waals surface area contributed by atoms with Gasteiger partial charge in [-0.15, -0.1) is 4.68 Å². The maximum absolute atomic E-state index is 13.3. The number of rotatable bonds is 7. The second-order valence-corrected chi connectivity index (χ2v) is 6.98. The molecule has 0 bridgehead atoms. The maximum Gasteiger partial charge on any atom is 0.406 e. The summed E-state index contributed by atoms with van der Waals surface area (Å²) in [6.07, 6.45) is 0. The largest absolute Gasteiger partial charge is 0.855 e. The van der Waals surface area contributed by atoms with Crippen molar-refractivity contribution < 1.29 is 19.3 Å². The molecule has 4 aromatic rings. The van der Waals surface area contributed by atoms with E-state index >= 15 is 0 Å². The fourth-order valence-corrected chi connectivity index (χ4v) is 3.30. The molecule has 0 radical (unpaired) electrons. The van der Waals surface area contributed by atoms with E-state index in [2.05, 4.69) is 10.2 Å². The molecular formula is C24H22N4O4. The summed E-state index contributed by atoms with van der Waals surface area (Å²) in [7, 11) is 3.09. The van der Waals surface area contributed by atoms with E-state index in [4.69, 9.17) is 9.47 Å². The molecule has 162 valence electrons. The Labute approximate surface area is 184 Å². The van der Waals surface area contributed by atoms with Crippen molar-refractivity contribution in [1.82, 2.24) is 9.90 Å². The van der Waals surface area contributed by atoms with E-state index in [1.54, 1.807) is 55.6 Å². The van der Waals surface area contributed by atoms with Crippen LogP contribution < -0.4 is 24.8 Å². The van der Waals surface area contributed by atoms with Crippen LogP contribution in [0.25, 0.3) is 5.69 Å². The molecule has 0 saturated carbocycles. The fourth-order valence-electron chi connectivity index (χ4n) is 3.30. The summed E-state index contributed by atoms with van der Waals surface area (Å²) in [6, 6.07) is 23.3. The Kier molecular flexibility index (Phi) is 6.03.